The molecule has 1 fully saturated rings. The van der Waals surface area contributed by atoms with E-state index in [1.54, 1.807) is 0 Å². The van der Waals surface area contributed by atoms with Gasteiger partial charge in [-0.1, -0.05) is 0 Å². The Labute approximate surface area is 95.9 Å². The number of halogens is 3. The third kappa shape index (κ3) is 2.85. The molecule has 1 aromatic rings. The summed E-state index contributed by atoms with van der Waals surface area (Å²) in [5, 5.41) is 12.3. The number of rotatable bonds is 2. The Morgan fingerprint density at radius 2 is 2.12 bits per heavy atom. The van der Waals surface area contributed by atoms with Crippen LogP contribution >= 0.6 is 0 Å². The second kappa shape index (κ2) is 4.48. The molecule has 0 saturated heterocycles. The van der Waals surface area contributed by atoms with Crippen LogP contribution in [0, 0.1) is 0 Å². The smallest absolute Gasteiger partial charge is 0.391 e. The number of nitrogens with zero attached hydrogens (tertiary/aromatic N) is 2. The Balaban J connectivity index is 2.11. The largest absolute Gasteiger partial charge is 0.433 e. The van der Waals surface area contributed by atoms with Gasteiger partial charge in [0.05, 0.1) is 12.1 Å². The molecule has 0 bridgehead atoms. The molecule has 0 amide bonds. The lowest BCUT2D eigenvalue weighted by Gasteiger charge is -2.16. The Morgan fingerprint density at radius 3 is 2.71 bits per heavy atom. The summed E-state index contributed by atoms with van der Waals surface area (Å²) in [6.45, 7) is 0. The van der Waals surface area contributed by atoms with Crippen molar-refractivity contribution in [1.29, 1.82) is 0 Å². The minimum atomic E-state index is -4.48. The van der Waals surface area contributed by atoms with E-state index in [1.165, 1.54) is 0 Å². The fraction of sp³-hybridized carbons (Fsp3) is 0.600. The molecule has 1 aliphatic carbocycles. The first-order valence-electron chi connectivity index (χ1n) is 5.31. The van der Waals surface area contributed by atoms with Crippen molar-refractivity contribution >= 4 is 5.95 Å². The maximum atomic E-state index is 12.4. The first kappa shape index (κ1) is 12.1. The molecule has 1 aliphatic rings. The van der Waals surface area contributed by atoms with Crippen LogP contribution in [-0.2, 0) is 6.18 Å². The lowest BCUT2D eigenvalue weighted by molar-refractivity contribution is -0.141. The zero-order valence-electron chi connectivity index (χ0n) is 8.91. The molecule has 2 N–H and O–H groups in total. The maximum absolute atomic E-state index is 12.4. The standard InChI is InChI=1S/C10H12F3N3O/c11-10(12,13)8-4-5-14-9(16-8)15-6-2-1-3-7(6)17/h4-7,17H,1-3H2,(H,14,15,16)/t6-,7-/m1/s1. The van der Waals surface area contributed by atoms with Crippen LogP contribution in [0.4, 0.5) is 19.1 Å². The molecule has 17 heavy (non-hydrogen) atoms. The van der Waals surface area contributed by atoms with Crippen molar-refractivity contribution in [2.24, 2.45) is 0 Å². The quantitative estimate of drug-likeness (QED) is 0.837. The van der Waals surface area contributed by atoms with E-state index in [1.807, 2.05) is 0 Å². The Hall–Kier alpha value is -1.37. The number of aromatic nitrogens is 2. The number of hydrogen-bond donors (Lipinski definition) is 2. The van der Waals surface area contributed by atoms with Crippen molar-refractivity contribution in [1.82, 2.24) is 9.97 Å². The van der Waals surface area contributed by atoms with E-state index in [4.69, 9.17) is 0 Å². The van der Waals surface area contributed by atoms with E-state index in [0.29, 0.717) is 12.8 Å². The second-order valence-electron chi connectivity index (χ2n) is 4.01. The third-order valence-corrected chi connectivity index (χ3v) is 2.74. The van der Waals surface area contributed by atoms with Gasteiger partial charge in [0.2, 0.25) is 5.95 Å². The predicted octanol–water partition coefficient (Wildman–Crippen LogP) is 1.82. The lowest BCUT2D eigenvalue weighted by Crippen LogP contribution is -2.29. The highest BCUT2D eigenvalue weighted by atomic mass is 19.4. The van der Waals surface area contributed by atoms with Gasteiger partial charge in [0.15, 0.2) is 0 Å². The molecule has 0 spiro atoms. The summed E-state index contributed by atoms with van der Waals surface area (Å²) < 4.78 is 37.2. The minimum absolute atomic E-state index is 0.0919. The van der Waals surface area contributed by atoms with Gasteiger partial charge >= 0.3 is 6.18 Å². The Morgan fingerprint density at radius 1 is 1.35 bits per heavy atom. The Bertz CT molecular complexity index is 397. The average Bonchev–Trinajstić information content (AvgIpc) is 2.64. The average molecular weight is 247 g/mol. The normalized spacial score (nSPS) is 24.9. The van der Waals surface area contributed by atoms with Crippen LogP contribution < -0.4 is 5.32 Å². The SMILES string of the molecule is O[C@@H]1CCC[C@H]1Nc1nccc(C(F)(F)F)n1. The summed E-state index contributed by atoms with van der Waals surface area (Å²) in [6.07, 6.45) is -1.77. The summed E-state index contributed by atoms with van der Waals surface area (Å²) in [7, 11) is 0. The summed E-state index contributed by atoms with van der Waals surface area (Å²) in [6, 6.07) is 0.550. The molecule has 4 nitrogen and oxygen atoms in total. The van der Waals surface area contributed by atoms with Crippen LogP contribution in [0.3, 0.4) is 0 Å². The molecular formula is C10H12F3N3O. The molecule has 0 unspecified atom stereocenters. The number of nitrogens with one attached hydrogen (secondary N) is 1. The van der Waals surface area contributed by atoms with Gasteiger partial charge in [-0.2, -0.15) is 13.2 Å². The van der Waals surface area contributed by atoms with Crippen LogP contribution in [0.15, 0.2) is 12.3 Å². The van der Waals surface area contributed by atoms with Gasteiger partial charge in [0, 0.05) is 6.20 Å². The van der Waals surface area contributed by atoms with Crippen LogP contribution in [-0.4, -0.2) is 27.2 Å². The van der Waals surface area contributed by atoms with Crippen molar-refractivity contribution < 1.29 is 18.3 Å². The summed E-state index contributed by atoms with van der Waals surface area (Å²) in [5.41, 5.74) is -0.984. The van der Waals surface area contributed by atoms with Crippen molar-refractivity contribution in [3.05, 3.63) is 18.0 Å². The molecule has 0 radical (unpaired) electrons. The highest BCUT2D eigenvalue weighted by molar-refractivity contribution is 5.28. The van der Waals surface area contributed by atoms with E-state index in [9.17, 15) is 18.3 Å². The van der Waals surface area contributed by atoms with Crippen LogP contribution in [0.5, 0.6) is 0 Å². The van der Waals surface area contributed by atoms with Crippen molar-refractivity contribution in [2.45, 2.75) is 37.6 Å². The fourth-order valence-electron chi connectivity index (χ4n) is 1.86. The number of hydrogen-bond acceptors (Lipinski definition) is 4. The van der Waals surface area contributed by atoms with Gasteiger partial charge in [0.1, 0.15) is 5.69 Å². The number of aliphatic hydroxyl groups is 1. The van der Waals surface area contributed by atoms with Gasteiger partial charge in [-0.3, -0.25) is 0 Å². The van der Waals surface area contributed by atoms with Gasteiger partial charge in [0.25, 0.3) is 0 Å². The zero-order chi connectivity index (χ0) is 12.5. The van der Waals surface area contributed by atoms with Gasteiger partial charge in [-0.15, -0.1) is 0 Å². The van der Waals surface area contributed by atoms with E-state index in [2.05, 4.69) is 15.3 Å². The molecular weight excluding hydrogens is 235 g/mol. The molecule has 7 heteroatoms. The number of anilines is 1. The van der Waals surface area contributed by atoms with Crippen LogP contribution in [0.2, 0.25) is 0 Å². The second-order valence-corrected chi connectivity index (χ2v) is 4.01. The van der Waals surface area contributed by atoms with Gasteiger partial charge < -0.3 is 10.4 Å². The van der Waals surface area contributed by atoms with Gasteiger partial charge in [-0.05, 0) is 25.3 Å². The molecule has 1 aromatic heterocycles. The first-order chi connectivity index (χ1) is 7.97. The van der Waals surface area contributed by atoms with Crippen molar-refractivity contribution in [3.63, 3.8) is 0 Å². The van der Waals surface area contributed by atoms with Crippen molar-refractivity contribution in [2.75, 3.05) is 5.32 Å². The van der Waals surface area contributed by atoms with E-state index >= 15 is 0 Å². The highest BCUT2D eigenvalue weighted by Gasteiger charge is 2.33. The number of aliphatic hydroxyl groups excluding tert-OH is 1. The summed E-state index contributed by atoms with van der Waals surface area (Å²) in [4.78, 5) is 7.10. The summed E-state index contributed by atoms with van der Waals surface area (Å²) >= 11 is 0. The molecule has 2 rings (SSSR count). The zero-order valence-corrected chi connectivity index (χ0v) is 8.91. The molecule has 1 heterocycles. The molecule has 1 saturated carbocycles. The lowest BCUT2D eigenvalue weighted by atomic mass is 10.2. The molecule has 0 aliphatic heterocycles. The monoisotopic (exact) mass is 247 g/mol. The topological polar surface area (TPSA) is 58.0 Å². The minimum Gasteiger partial charge on any atom is -0.391 e. The number of alkyl halides is 3. The maximum Gasteiger partial charge on any atom is 0.433 e. The highest BCUT2D eigenvalue weighted by Crippen LogP contribution is 2.28. The molecule has 94 valence electrons. The van der Waals surface area contributed by atoms with Crippen molar-refractivity contribution in [3.8, 4) is 0 Å². The molecule has 0 aromatic carbocycles. The predicted molar refractivity (Wildman–Crippen MR) is 54.3 cm³/mol. The summed E-state index contributed by atoms with van der Waals surface area (Å²) in [5.74, 6) is -0.0919. The van der Waals surface area contributed by atoms with E-state index in [-0.39, 0.29) is 12.0 Å². The van der Waals surface area contributed by atoms with E-state index < -0.39 is 18.0 Å². The van der Waals surface area contributed by atoms with Crippen LogP contribution in [0.25, 0.3) is 0 Å². The Kier molecular flexibility index (Phi) is 3.19. The molecule has 2 atom stereocenters. The first-order valence-corrected chi connectivity index (χ1v) is 5.31. The van der Waals surface area contributed by atoms with Gasteiger partial charge in [-0.25, -0.2) is 9.97 Å². The van der Waals surface area contributed by atoms with E-state index in [0.717, 1.165) is 18.7 Å². The third-order valence-electron chi connectivity index (χ3n) is 2.74. The fourth-order valence-corrected chi connectivity index (χ4v) is 1.86. The van der Waals surface area contributed by atoms with Crippen LogP contribution in [0.1, 0.15) is 25.0 Å².